The Morgan fingerprint density at radius 1 is 1.38 bits per heavy atom. The maximum atomic E-state index is 10.4. The molecule has 0 saturated heterocycles. The summed E-state index contributed by atoms with van der Waals surface area (Å²) in [5.41, 5.74) is 0. The van der Waals surface area contributed by atoms with E-state index in [1.54, 1.807) is 0 Å². The molecule has 0 aromatic rings. The lowest BCUT2D eigenvalue weighted by Crippen LogP contribution is -2.22. The summed E-state index contributed by atoms with van der Waals surface area (Å²) in [6.07, 6.45) is 3.43. The molecule has 0 rings (SSSR count). The first-order valence-electron chi connectivity index (χ1n) is 5.02. The molecule has 2 unspecified atom stereocenters. The number of rotatable bonds is 7. The predicted octanol–water partition coefficient (Wildman–Crippen LogP) is 2.04. The maximum absolute atomic E-state index is 10.4. The van der Waals surface area contributed by atoms with Crippen molar-refractivity contribution >= 4 is 5.97 Å². The molecule has 0 aliphatic rings. The number of hydrogen-bond acceptors (Lipinski definition) is 2. The molecule has 0 aromatic carbocycles. The molecule has 0 fully saturated rings. The Balaban J connectivity index is 3.75. The Kier molecular flexibility index (Phi) is 6.59. The fourth-order valence-corrected chi connectivity index (χ4v) is 1.40. The normalized spacial score (nSPS) is 15.3. The number of carbonyl (C=O) groups is 1. The van der Waals surface area contributed by atoms with Crippen molar-refractivity contribution in [1.29, 1.82) is 0 Å². The molecule has 0 saturated carbocycles. The van der Waals surface area contributed by atoms with Gasteiger partial charge in [0.25, 0.3) is 0 Å². The quantitative estimate of drug-likeness (QED) is 0.642. The van der Waals surface area contributed by atoms with E-state index in [0.29, 0.717) is 12.3 Å². The lowest BCUT2D eigenvalue weighted by Gasteiger charge is -2.15. The minimum absolute atomic E-state index is 0.353. The van der Waals surface area contributed by atoms with Crippen molar-refractivity contribution in [3.05, 3.63) is 0 Å². The van der Waals surface area contributed by atoms with E-state index in [4.69, 9.17) is 10.2 Å². The Hall–Kier alpha value is -0.570. The van der Waals surface area contributed by atoms with Crippen LogP contribution in [0.4, 0.5) is 0 Å². The minimum Gasteiger partial charge on any atom is -0.479 e. The van der Waals surface area contributed by atoms with Crippen molar-refractivity contribution in [2.24, 2.45) is 5.92 Å². The smallest absolute Gasteiger partial charge is 0.332 e. The Morgan fingerprint density at radius 2 is 2.00 bits per heavy atom. The summed E-state index contributed by atoms with van der Waals surface area (Å²) in [4.78, 5) is 10.4. The SMILES string of the molecule is CCCCC(CC)CC(O)C(=O)O. The van der Waals surface area contributed by atoms with Crippen molar-refractivity contribution in [1.82, 2.24) is 0 Å². The second-order valence-electron chi connectivity index (χ2n) is 3.51. The highest BCUT2D eigenvalue weighted by atomic mass is 16.4. The summed E-state index contributed by atoms with van der Waals surface area (Å²) in [5.74, 6) is -0.749. The van der Waals surface area contributed by atoms with Gasteiger partial charge in [-0.15, -0.1) is 0 Å². The largest absolute Gasteiger partial charge is 0.479 e. The van der Waals surface area contributed by atoms with E-state index < -0.39 is 12.1 Å². The van der Waals surface area contributed by atoms with Gasteiger partial charge < -0.3 is 10.2 Å². The van der Waals surface area contributed by atoms with Crippen molar-refractivity contribution in [2.45, 2.75) is 52.1 Å². The van der Waals surface area contributed by atoms with E-state index in [0.717, 1.165) is 25.7 Å². The topological polar surface area (TPSA) is 57.5 Å². The molecule has 3 nitrogen and oxygen atoms in total. The van der Waals surface area contributed by atoms with Crippen LogP contribution < -0.4 is 0 Å². The highest BCUT2D eigenvalue weighted by Crippen LogP contribution is 2.18. The molecule has 0 spiro atoms. The lowest BCUT2D eigenvalue weighted by molar-refractivity contribution is -0.147. The maximum Gasteiger partial charge on any atom is 0.332 e. The van der Waals surface area contributed by atoms with Crippen LogP contribution in [0.25, 0.3) is 0 Å². The summed E-state index contributed by atoms with van der Waals surface area (Å²) in [6, 6.07) is 0. The first-order valence-corrected chi connectivity index (χ1v) is 5.02. The van der Waals surface area contributed by atoms with E-state index in [-0.39, 0.29) is 0 Å². The van der Waals surface area contributed by atoms with Gasteiger partial charge in [0.15, 0.2) is 6.10 Å². The zero-order valence-corrected chi connectivity index (χ0v) is 8.49. The highest BCUT2D eigenvalue weighted by Gasteiger charge is 2.18. The molecular weight excluding hydrogens is 168 g/mol. The van der Waals surface area contributed by atoms with E-state index in [2.05, 4.69) is 6.92 Å². The third kappa shape index (κ3) is 5.64. The summed E-state index contributed by atoms with van der Waals surface area (Å²) in [7, 11) is 0. The number of unbranched alkanes of at least 4 members (excludes halogenated alkanes) is 1. The van der Waals surface area contributed by atoms with Gasteiger partial charge in [-0.1, -0.05) is 39.5 Å². The molecule has 0 radical (unpaired) electrons. The van der Waals surface area contributed by atoms with E-state index in [1.807, 2.05) is 6.92 Å². The van der Waals surface area contributed by atoms with Crippen LogP contribution in [0.2, 0.25) is 0 Å². The fraction of sp³-hybridized carbons (Fsp3) is 0.900. The van der Waals surface area contributed by atoms with Gasteiger partial charge in [-0.2, -0.15) is 0 Å². The average molecular weight is 188 g/mol. The van der Waals surface area contributed by atoms with Crippen LogP contribution in [0, 0.1) is 5.92 Å². The minimum atomic E-state index is -1.18. The van der Waals surface area contributed by atoms with Gasteiger partial charge in [-0.25, -0.2) is 4.79 Å². The number of aliphatic hydroxyl groups excluding tert-OH is 1. The van der Waals surface area contributed by atoms with Crippen LogP contribution in [0.1, 0.15) is 46.0 Å². The highest BCUT2D eigenvalue weighted by molar-refractivity contribution is 5.71. The Morgan fingerprint density at radius 3 is 2.38 bits per heavy atom. The van der Waals surface area contributed by atoms with Crippen molar-refractivity contribution < 1.29 is 15.0 Å². The second kappa shape index (κ2) is 6.89. The van der Waals surface area contributed by atoms with Gasteiger partial charge in [0.1, 0.15) is 0 Å². The van der Waals surface area contributed by atoms with Gasteiger partial charge >= 0.3 is 5.97 Å². The molecule has 0 aromatic heterocycles. The van der Waals surface area contributed by atoms with Crippen LogP contribution in [0.3, 0.4) is 0 Å². The van der Waals surface area contributed by atoms with Crippen molar-refractivity contribution in [3.63, 3.8) is 0 Å². The second-order valence-corrected chi connectivity index (χ2v) is 3.51. The van der Waals surface area contributed by atoms with Gasteiger partial charge in [-0.05, 0) is 12.3 Å². The fourth-order valence-electron chi connectivity index (χ4n) is 1.40. The molecule has 2 atom stereocenters. The standard InChI is InChI=1S/C10H20O3/c1-3-5-6-8(4-2)7-9(11)10(12)13/h8-9,11H,3-7H2,1-2H3,(H,12,13). The van der Waals surface area contributed by atoms with Crippen LogP contribution in [-0.4, -0.2) is 22.3 Å². The molecule has 2 N–H and O–H groups in total. The summed E-state index contributed by atoms with van der Waals surface area (Å²) in [5, 5.41) is 17.6. The van der Waals surface area contributed by atoms with E-state index in [1.165, 1.54) is 0 Å². The molecule has 3 heteroatoms. The molecule has 0 heterocycles. The third-order valence-corrected chi connectivity index (χ3v) is 2.38. The first-order chi connectivity index (χ1) is 6.11. The first kappa shape index (κ1) is 12.4. The zero-order valence-electron chi connectivity index (χ0n) is 8.49. The Bertz CT molecular complexity index is 145. The summed E-state index contributed by atoms with van der Waals surface area (Å²) >= 11 is 0. The molecular formula is C10H20O3. The van der Waals surface area contributed by atoms with Crippen molar-refractivity contribution in [3.8, 4) is 0 Å². The molecule has 0 amide bonds. The average Bonchev–Trinajstić information content (AvgIpc) is 2.11. The van der Waals surface area contributed by atoms with Gasteiger partial charge in [0.05, 0.1) is 0 Å². The molecule has 0 aliphatic carbocycles. The summed E-state index contributed by atoms with van der Waals surface area (Å²) in [6.45, 7) is 4.15. The van der Waals surface area contributed by atoms with Crippen LogP contribution >= 0.6 is 0 Å². The van der Waals surface area contributed by atoms with E-state index >= 15 is 0 Å². The number of hydrogen-bond donors (Lipinski definition) is 2. The number of carboxylic acid groups (broad SMARTS) is 1. The van der Waals surface area contributed by atoms with E-state index in [9.17, 15) is 4.79 Å². The molecule has 78 valence electrons. The van der Waals surface area contributed by atoms with Crippen LogP contribution in [-0.2, 0) is 4.79 Å². The predicted molar refractivity (Wildman–Crippen MR) is 51.6 cm³/mol. The molecule has 13 heavy (non-hydrogen) atoms. The zero-order chi connectivity index (χ0) is 10.3. The number of aliphatic carboxylic acids is 1. The van der Waals surface area contributed by atoms with Crippen LogP contribution in [0.15, 0.2) is 0 Å². The van der Waals surface area contributed by atoms with Gasteiger partial charge in [0.2, 0.25) is 0 Å². The molecule has 0 bridgehead atoms. The Labute approximate surface area is 79.8 Å². The molecule has 0 aliphatic heterocycles. The number of carboxylic acids is 1. The van der Waals surface area contributed by atoms with Crippen LogP contribution in [0.5, 0.6) is 0 Å². The lowest BCUT2D eigenvalue weighted by atomic mass is 9.93. The van der Waals surface area contributed by atoms with Crippen molar-refractivity contribution in [2.75, 3.05) is 0 Å². The monoisotopic (exact) mass is 188 g/mol. The van der Waals surface area contributed by atoms with Gasteiger partial charge in [-0.3, -0.25) is 0 Å². The summed E-state index contributed by atoms with van der Waals surface area (Å²) < 4.78 is 0. The van der Waals surface area contributed by atoms with Gasteiger partial charge in [0, 0.05) is 0 Å². The third-order valence-electron chi connectivity index (χ3n) is 2.38. The number of aliphatic hydroxyl groups is 1.